The molecule has 1 heterocycles. The zero-order valence-corrected chi connectivity index (χ0v) is 13.5. The summed E-state index contributed by atoms with van der Waals surface area (Å²) < 4.78 is 0. The fraction of sp³-hybridized carbons (Fsp3) is 0.611. The molecule has 2 unspecified atom stereocenters. The van der Waals surface area contributed by atoms with Gasteiger partial charge in [-0.3, -0.25) is 4.79 Å². The van der Waals surface area contributed by atoms with E-state index in [1.165, 1.54) is 11.1 Å². The molecule has 2 N–H and O–H groups in total. The van der Waals surface area contributed by atoms with Gasteiger partial charge in [0.1, 0.15) is 0 Å². The van der Waals surface area contributed by atoms with E-state index in [1.54, 1.807) is 0 Å². The summed E-state index contributed by atoms with van der Waals surface area (Å²) in [6.45, 7) is 8.18. The summed E-state index contributed by atoms with van der Waals surface area (Å²) in [6, 6.07) is 8.59. The molecule has 1 aliphatic rings. The molecule has 1 aliphatic heterocycles. The van der Waals surface area contributed by atoms with Crippen LogP contribution in [-0.2, 0) is 4.79 Å². The van der Waals surface area contributed by atoms with Gasteiger partial charge in [-0.15, -0.1) is 0 Å². The van der Waals surface area contributed by atoms with Gasteiger partial charge in [-0.1, -0.05) is 43.7 Å². The minimum atomic E-state index is -0.226. The summed E-state index contributed by atoms with van der Waals surface area (Å²) >= 11 is 0. The highest BCUT2D eigenvalue weighted by Crippen LogP contribution is 2.31. The molecule has 3 heteroatoms. The van der Waals surface area contributed by atoms with Crippen molar-refractivity contribution in [3.8, 4) is 0 Å². The first-order chi connectivity index (χ1) is 10.1. The van der Waals surface area contributed by atoms with Crippen LogP contribution >= 0.6 is 0 Å². The van der Waals surface area contributed by atoms with E-state index in [0.29, 0.717) is 0 Å². The third-order valence-electron chi connectivity index (χ3n) is 4.82. The van der Waals surface area contributed by atoms with Crippen LogP contribution in [0.4, 0.5) is 0 Å². The molecule has 116 valence electrons. The maximum absolute atomic E-state index is 12.8. The van der Waals surface area contributed by atoms with Crippen molar-refractivity contribution in [2.45, 2.75) is 52.5 Å². The molecule has 0 aliphatic carbocycles. The molecule has 0 aromatic heterocycles. The number of hydrogen-bond donors (Lipinski definition) is 2. The zero-order chi connectivity index (χ0) is 15.3. The van der Waals surface area contributed by atoms with Crippen LogP contribution in [0.5, 0.6) is 0 Å². The molecule has 0 spiro atoms. The van der Waals surface area contributed by atoms with E-state index in [-0.39, 0.29) is 17.4 Å². The molecule has 0 saturated carbocycles. The van der Waals surface area contributed by atoms with Crippen LogP contribution in [0.1, 0.15) is 56.7 Å². The Morgan fingerprint density at radius 1 is 1.33 bits per heavy atom. The van der Waals surface area contributed by atoms with Gasteiger partial charge < -0.3 is 10.6 Å². The summed E-state index contributed by atoms with van der Waals surface area (Å²) in [5.74, 6) is 0.213. The highest BCUT2D eigenvalue weighted by atomic mass is 16.2. The van der Waals surface area contributed by atoms with E-state index < -0.39 is 0 Å². The molecule has 1 saturated heterocycles. The van der Waals surface area contributed by atoms with Crippen molar-refractivity contribution in [3.63, 3.8) is 0 Å². The molecule has 1 amide bonds. The average Bonchev–Trinajstić information content (AvgIpc) is 2.54. The molecular formula is C18H28N2O. The molecule has 0 bridgehead atoms. The monoisotopic (exact) mass is 288 g/mol. The van der Waals surface area contributed by atoms with Crippen molar-refractivity contribution in [2.75, 3.05) is 13.1 Å². The van der Waals surface area contributed by atoms with Gasteiger partial charge in [0.15, 0.2) is 0 Å². The number of aryl methyl sites for hydroxylation is 1. The average molecular weight is 288 g/mol. The lowest BCUT2D eigenvalue weighted by atomic mass is 9.77. The number of nitrogens with one attached hydrogen (secondary N) is 2. The Morgan fingerprint density at radius 2 is 2.05 bits per heavy atom. The number of benzene rings is 1. The first-order valence-corrected chi connectivity index (χ1v) is 8.19. The van der Waals surface area contributed by atoms with Crippen LogP contribution in [0.15, 0.2) is 24.3 Å². The number of carbonyl (C=O) groups is 1. The summed E-state index contributed by atoms with van der Waals surface area (Å²) in [5, 5.41) is 6.67. The smallest absolute Gasteiger partial charge is 0.227 e. The van der Waals surface area contributed by atoms with Gasteiger partial charge in [0.05, 0.1) is 11.5 Å². The topological polar surface area (TPSA) is 41.1 Å². The quantitative estimate of drug-likeness (QED) is 0.872. The van der Waals surface area contributed by atoms with Gasteiger partial charge in [-0.2, -0.15) is 0 Å². The Kier molecular flexibility index (Phi) is 5.40. The highest BCUT2D eigenvalue weighted by Gasteiger charge is 2.38. The van der Waals surface area contributed by atoms with E-state index in [2.05, 4.69) is 55.7 Å². The van der Waals surface area contributed by atoms with Crippen LogP contribution in [0.25, 0.3) is 0 Å². The second-order valence-corrected chi connectivity index (χ2v) is 6.26. The molecule has 1 fully saturated rings. The molecule has 0 radical (unpaired) electrons. The Morgan fingerprint density at radius 3 is 2.57 bits per heavy atom. The fourth-order valence-electron chi connectivity index (χ4n) is 3.16. The predicted molar refractivity (Wildman–Crippen MR) is 87.2 cm³/mol. The third-order valence-corrected chi connectivity index (χ3v) is 4.82. The number of hydrogen-bond acceptors (Lipinski definition) is 2. The Balaban J connectivity index is 2.10. The van der Waals surface area contributed by atoms with Crippen molar-refractivity contribution in [1.29, 1.82) is 0 Å². The van der Waals surface area contributed by atoms with E-state index in [1.807, 2.05) is 0 Å². The first-order valence-electron chi connectivity index (χ1n) is 8.19. The van der Waals surface area contributed by atoms with Crippen LogP contribution in [0.2, 0.25) is 0 Å². The summed E-state index contributed by atoms with van der Waals surface area (Å²) in [4.78, 5) is 12.8. The lowest BCUT2D eigenvalue weighted by molar-refractivity contribution is -0.133. The van der Waals surface area contributed by atoms with Gasteiger partial charge >= 0.3 is 0 Å². The largest absolute Gasteiger partial charge is 0.349 e. The van der Waals surface area contributed by atoms with Gasteiger partial charge in [-0.25, -0.2) is 0 Å². The van der Waals surface area contributed by atoms with Crippen molar-refractivity contribution in [1.82, 2.24) is 10.6 Å². The molecule has 2 atom stereocenters. The van der Waals surface area contributed by atoms with Crippen molar-refractivity contribution in [3.05, 3.63) is 35.4 Å². The van der Waals surface area contributed by atoms with E-state index in [0.717, 1.165) is 38.8 Å². The van der Waals surface area contributed by atoms with Gasteiger partial charge in [-0.05, 0) is 44.7 Å². The molecule has 3 nitrogen and oxygen atoms in total. The van der Waals surface area contributed by atoms with Crippen molar-refractivity contribution >= 4 is 5.91 Å². The molecule has 2 rings (SSSR count). The summed E-state index contributed by atoms with van der Waals surface area (Å²) in [5.41, 5.74) is 2.23. The fourth-order valence-corrected chi connectivity index (χ4v) is 3.16. The number of carbonyl (C=O) groups excluding carboxylic acids is 1. The summed E-state index contributed by atoms with van der Waals surface area (Å²) in [6.07, 6.45) is 3.90. The van der Waals surface area contributed by atoms with Gasteiger partial charge in [0.2, 0.25) is 5.91 Å². The van der Waals surface area contributed by atoms with Crippen molar-refractivity contribution < 1.29 is 4.79 Å². The van der Waals surface area contributed by atoms with Crippen molar-refractivity contribution in [2.24, 2.45) is 5.41 Å². The van der Waals surface area contributed by atoms with Gasteiger partial charge in [0, 0.05) is 6.54 Å². The Bertz CT molecular complexity index is 461. The Hall–Kier alpha value is -1.35. The zero-order valence-electron chi connectivity index (χ0n) is 13.5. The molecular weight excluding hydrogens is 260 g/mol. The van der Waals surface area contributed by atoms with Crippen LogP contribution < -0.4 is 10.6 Å². The molecule has 1 aromatic carbocycles. The van der Waals surface area contributed by atoms with E-state index >= 15 is 0 Å². The van der Waals surface area contributed by atoms with E-state index in [9.17, 15) is 4.79 Å². The predicted octanol–water partition coefficient (Wildman–Crippen LogP) is 3.34. The molecule has 1 aromatic rings. The minimum Gasteiger partial charge on any atom is -0.349 e. The minimum absolute atomic E-state index is 0.114. The second kappa shape index (κ2) is 7.08. The normalized spacial score (nSPS) is 23.6. The number of rotatable bonds is 5. The van der Waals surface area contributed by atoms with Gasteiger partial charge in [0.25, 0.3) is 0 Å². The first kappa shape index (κ1) is 16.0. The Labute approximate surface area is 128 Å². The highest BCUT2D eigenvalue weighted by molar-refractivity contribution is 5.83. The summed E-state index contributed by atoms with van der Waals surface area (Å²) in [7, 11) is 0. The second-order valence-electron chi connectivity index (χ2n) is 6.26. The molecule has 21 heavy (non-hydrogen) atoms. The lowest BCUT2D eigenvalue weighted by Crippen LogP contribution is -2.50. The maximum Gasteiger partial charge on any atom is 0.227 e. The lowest BCUT2D eigenvalue weighted by Gasteiger charge is -2.36. The third kappa shape index (κ3) is 3.65. The van der Waals surface area contributed by atoms with Crippen LogP contribution in [-0.4, -0.2) is 19.0 Å². The number of amides is 1. The van der Waals surface area contributed by atoms with Crippen LogP contribution in [0.3, 0.4) is 0 Å². The van der Waals surface area contributed by atoms with Crippen LogP contribution in [0, 0.1) is 12.3 Å². The maximum atomic E-state index is 12.8. The van der Waals surface area contributed by atoms with E-state index in [4.69, 9.17) is 0 Å². The SMILES string of the molecule is CCC(NC(=O)C1(CC)CCCNC1)c1ccc(C)cc1. The number of piperidine rings is 1. The standard InChI is InChI=1S/C18H28N2O/c1-4-16(15-9-7-14(3)8-10-15)20-17(21)18(5-2)11-6-12-19-13-18/h7-10,16,19H,4-6,11-13H2,1-3H3,(H,20,21).